The number of morpholine rings is 1. The Balaban J connectivity index is 1.47. The van der Waals surface area contributed by atoms with Crippen molar-refractivity contribution in [2.75, 3.05) is 31.2 Å². The van der Waals surface area contributed by atoms with E-state index in [1.807, 2.05) is 22.9 Å². The number of aromatic nitrogens is 3. The molecule has 1 amide bonds. The number of amides is 1. The number of anilines is 1. The number of ether oxygens (including phenoxy) is 1. The summed E-state index contributed by atoms with van der Waals surface area (Å²) < 4.78 is 7.23. The van der Waals surface area contributed by atoms with Crippen molar-refractivity contribution in [1.29, 1.82) is 0 Å². The lowest BCUT2D eigenvalue weighted by atomic mass is 10.1. The lowest BCUT2D eigenvalue weighted by Crippen LogP contribution is -2.36. The highest BCUT2D eigenvalue weighted by molar-refractivity contribution is 7.17. The molecule has 0 unspecified atom stereocenters. The number of hydrogen-bond donors (Lipinski definition) is 1. The third-order valence-corrected chi connectivity index (χ3v) is 6.05. The maximum Gasteiger partial charge on any atom is 0.268 e. The first kappa shape index (κ1) is 17.5. The van der Waals surface area contributed by atoms with Crippen LogP contribution in [0.1, 0.15) is 49.0 Å². The van der Waals surface area contributed by atoms with Crippen LogP contribution in [0, 0.1) is 0 Å². The average molecular weight is 375 g/mol. The maximum absolute atomic E-state index is 12.8. The number of rotatable bonds is 4. The van der Waals surface area contributed by atoms with Gasteiger partial charge in [0, 0.05) is 25.3 Å². The third kappa shape index (κ3) is 3.91. The topological polar surface area (TPSA) is 72.3 Å². The van der Waals surface area contributed by atoms with Gasteiger partial charge in [-0.2, -0.15) is 0 Å². The molecule has 2 aromatic rings. The van der Waals surface area contributed by atoms with Gasteiger partial charge in [0.05, 0.1) is 13.2 Å². The monoisotopic (exact) mass is 375 g/mol. The zero-order valence-electron chi connectivity index (χ0n) is 14.9. The highest BCUT2D eigenvalue weighted by Crippen LogP contribution is 2.25. The van der Waals surface area contributed by atoms with Crippen LogP contribution in [0.3, 0.4) is 0 Å². The third-order valence-electron chi connectivity index (χ3n) is 5.06. The van der Waals surface area contributed by atoms with E-state index in [2.05, 4.69) is 20.4 Å². The number of carbonyl (C=O) groups excluding carboxylic acids is 1. The minimum absolute atomic E-state index is 0.0231. The SMILES string of the molecule is O=C(NC1CCCCCC1)c1cccn1-c1nnc(N2CCOCC2)s1. The zero-order chi connectivity index (χ0) is 17.8. The number of carbonyl (C=O) groups is 1. The Labute approximate surface area is 157 Å². The molecule has 1 saturated heterocycles. The highest BCUT2D eigenvalue weighted by Gasteiger charge is 2.21. The van der Waals surface area contributed by atoms with E-state index in [1.54, 1.807) is 0 Å². The number of hydrogen-bond acceptors (Lipinski definition) is 6. The van der Waals surface area contributed by atoms with Crippen LogP contribution in [0.2, 0.25) is 0 Å². The van der Waals surface area contributed by atoms with E-state index >= 15 is 0 Å². The minimum atomic E-state index is -0.0231. The fraction of sp³-hybridized carbons (Fsp3) is 0.611. The molecule has 7 nitrogen and oxygen atoms in total. The molecular weight excluding hydrogens is 350 g/mol. The quantitative estimate of drug-likeness (QED) is 0.832. The Morgan fingerprint density at radius 2 is 1.85 bits per heavy atom. The molecule has 1 aliphatic carbocycles. The van der Waals surface area contributed by atoms with Crippen molar-refractivity contribution < 1.29 is 9.53 Å². The average Bonchev–Trinajstić information content (AvgIpc) is 3.28. The van der Waals surface area contributed by atoms with Crippen molar-refractivity contribution in [3.8, 4) is 5.13 Å². The standard InChI is InChI=1S/C18H25N5O2S/c24-16(19-14-6-3-1-2-4-7-14)15-8-5-9-23(15)18-21-20-17(26-18)22-10-12-25-13-11-22/h5,8-9,14H,1-4,6-7,10-13H2,(H,19,24). The molecule has 1 saturated carbocycles. The second-order valence-corrected chi connectivity index (χ2v) is 7.83. The van der Waals surface area contributed by atoms with Gasteiger partial charge >= 0.3 is 0 Å². The summed E-state index contributed by atoms with van der Waals surface area (Å²) in [5.74, 6) is -0.0231. The molecule has 2 aliphatic rings. The van der Waals surface area contributed by atoms with E-state index in [1.165, 1.54) is 37.0 Å². The van der Waals surface area contributed by atoms with Crippen LogP contribution in [0.25, 0.3) is 5.13 Å². The van der Waals surface area contributed by atoms with Crippen LogP contribution in [0.15, 0.2) is 18.3 Å². The van der Waals surface area contributed by atoms with Gasteiger partial charge in [-0.3, -0.25) is 9.36 Å². The van der Waals surface area contributed by atoms with Crippen LogP contribution in [0.4, 0.5) is 5.13 Å². The normalized spacial score (nSPS) is 19.3. The Bertz CT molecular complexity index is 730. The zero-order valence-corrected chi connectivity index (χ0v) is 15.7. The van der Waals surface area contributed by atoms with Gasteiger partial charge in [-0.1, -0.05) is 37.0 Å². The van der Waals surface area contributed by atoms with Gasteiger partial charge < -0.3 is 15.0 Å². The van der Waals surface area contributed by atoms with E-state index in [4.69, 9.17) is 4.74 Å². The Kier molecular flexibility index (Phi) is 5.50. The molecule has 0 bridgehead atoms. The maximum atomic E-state index is 12.8. The second kappa shape index (κ2) is 8.18. The van der Waals surface area contributed by atoms with Gasteiger partial charge in [0.1, 0.15) is 5.69 Å². The molecule has 2 aromatic heterocycles. The summed E-state index contributed by atoms with van der Waals surface area (Å²) in [5, 5.41) is 13.4. The van der Waals surface area contributed by atoms with Crippen LogP contribution >= 0.6 is 11.3 Å². The minimum Gasteiger partial charge on any atom is -0.378 e. The summed E-state index contributed by atoms with van der Waals surface area (Å²) in [5.41, 5.74) is 0.624. The van der Waals surface area contributed by atoms with Crippen molar-refractivity contribution in [3.63, 3.8) is 0 Å². The fourth-order valence-electron chi connectivity index (χ4n) is 3.60. The summed E-state index contributed by atoms with van der Waals surface area (Å²) in [4.78, 5) is 15.0. The fourth-order valence-corrected chi connectivity index (χ4v) is 4.50. The predicted molar refractivity (Wildman–Crippen MR) is 101 cm³/mol. The smallest absolute Gasteiger partial charge is 0.268 e. The molecule has 8 heteroatoms. The summed E-state index contributed by atoms with van der Waals surface area (Å²) in [6.45, 7) is 3.09. The van der Waals surface area contributed by atoms with Crippen LogP contribution in [-0.4, -0.2) is 53.0 Å². The van der Waals surface area contributed by atoms with Gasteiger partial charge in [-0.05, 0) is 25.0 Å². The summed E-state index contributed by atoms with van der Waals surface area (Å²) >= 11 is 1.51. The van der Waals surface area contributed by atoms with Crippen molar-refractivity contribution in [2.24, 2.45) is 0 Å². The Morgan fingerprint density at radius 1 is 1.12 bits per heavy atom. The molecular formula is C18H25N5O2S. The second-order valence-electron chi connectivity index (χ2n) is 6.89. The molecule has 4 rings (SSSR count). The first-order chi connectivity index (χ1) is 12.8. The van der Waals surface area contributed by atoms with E-state index in [-0.39, 0.29) is 11.9 Å². The lowest BCUT2D eigenvalue weighted by Gasteiger charge is -2.25. The van der Waals surface area contributed by atoms with Gasteiger partial charge in [0.15, 0.2) is 0 Å². The van der Waals surface area contributed by atoms with Gasteiger partial charge in [0.25, 0.3) is 5.91 Å². The first-order valence-electron chi connectivity index (χ1n) is 9.46. The largest absolute Gasteiger partial charge is 0.378 e. The van der Waals surface area contributed by atoms with Gasteiger partial charge in [-0.15, -0.1) is 10.2 Å². The lowest BCUT2D eigenvalue weighted by molar-refractivity contribution is 0.0926. The van der Waals surface area contributed by atoms with Crippen LogP contribution in [-0.2, 0) is 4.74 Å². The van der Waals surface area contributed by atoms with Crippen LogP contribution < -0.4 is 10.2 Å². The predicted octanol–water partition coefficient (Wildman–Crippen LogP) is 2.62. The van der Waals surface area contributed by atoms with Gasteiger partial charge in [-0.25, -0.2) is 0 Å². The summed E-state index contributed by atoms with van der Waals surface area (Å²) in [7, 11) is 0. The van der Waals surface area contributed by atoms with Crippen molar-refractivity contribution in [2.45, 2.75) is 44.6 Å². The van der Waals surface area contributed by atoms with E-state index in [0.717, 1.165) is 36.2 Å². The molecule has 2 fully saturated rings. The molecule has 1 aliphatic heterocycles. The molecule has 0 spiro atoms. The summed E-state index contributed by atoms with van der Waals surface area (Å²) in [6.07, 6.45) is 8.98. The van der Waals surface area contributed by atoms with Crippen molar-refractivity contribution in [3.05, 3.63) is 24.0 Å². The van der Waals surface area contributed by atoms with E-state index in [9.17, 15) is 4.79 Å². The Hall–Kier alpha value is -1.93. The Morgan fingerprint density at radius 3 is 2.62 bits per heavy atom. The van der Waals surface area contributed by atoms with E-state index in [0.29, 0.717) is 18.9 Å². The van der Waals surface area contributed by atoms with Gasteiger partial charge in [0.2, 0.25) is 10.3 Å². The molecule has 26 heavy (non-hydrogen) atoms. The molecule has 0 atom stereocenters. The van der Waals surface area contributed by atoms with E-state index < -0.39 is 0 Å². The molecule has 140 valence electrons. The molecule has 1 N–H and O–H groups in total. The first-order valence-corrected chi connectivity index (χ1v) is 10.3. The summed E-state index contributed by atoms with van der Waals surface area (Å²) in [6, 6.07) is 4.02. The van der Waals surface area contributed by atoms with Crippen molar-refractivity contribution >= 4 is 22.4 Å². The van der Waals surface area contributed by atoms with Crippen LogP contribution in [0.5, 0.6) is 0 Å². The molecule has 0 aromatic carbocycles. The number of nitrogens with one attached hydrogen (secondary N) is 1. The molecule has 3 heterocycles. The highest BCUT2D eigenvalue weighted by atomic mass is 32.1. The molecule has 0 radical (unpaired) electrons. The van der Waals surface area contributed by atoms with Crippen molar-refractivity contribution in [1.82, 2.24) is 20.1 Å². The number of nitrogens with zero attached hydrogens (tertiary/aromatic N) is 4.